The Morgan fingerprint density at radius 3 is 2.57 bits per heavy atom. The maximum absolute atomic E-state index is 12.0. The van der Waals surface area contributed by atoms with E-state index in [0.29, 0.717) is 11.7 Å². The summed E-state index contributed by atoms with van der Waals surface area (Å²) in [5.74, 6) is -0.373. The first kappa shape index (κ1) is 16.0. The van der Waals surface area contributed by atoms with Crippen molar-refractivity contribution in [2.24, 2.45) is 5.73 Å². The van der Waals surface area contributed by atoms with Gasteiger partial charge in [-0.15, -0.1) is 0 Å². The predicted octanol–water partition coefficient (Wildman–Crippen LogP) is 1.66. The van der Waals surface area contributed by atoms with Gasteiger partial charge in [0.2, 0.25) is 0 Å². The van der Waals surface area contributed by atoms with Crippen molar-refractivity contribution >= 4 is 11.5 Å². The van der Waals surface area contributed by atoms with E-state index in [0.717, 1.165) is 51.3 Å². The number of carbonyl (C=O) groups excluding carboxylic acids is 1. The van der Waals surface area contributed by atoms with Crippen LogP contribution in [-0.4, -0.2) is 54.7 Å². The van der Waals surface area contributed by atoms with E-state index in [1.54, 1.807) is 0 Å². The fourth-order valence-electron chi connectivity index (χ4n) is 3.42. The molecule has 0 bridgehead atoms. The zero-order valence-electron chi connectivity index (χ0n) is 13.5. The fourth-order valence-corrected chi connectivity index (χ4v) is 3.42. The molecular weight excluding hydrogens is 290 g/mol. The molecular formula is C18H25N3O2. The van der Waals surface area contributed by atoms with Gasteiger partial charge < -0.3 is 15.4 Å². The Labute approximate surface area is 137 Å². The number of nitrogens with two attached hydrogens (primary N) is 1. The van der Waals surface area contributed by atoms with E-state index in [2.05, 4.69) is 9.80 Å². The second-order valence-electron chi connectivity index (χ2n) is 6.14. The molecule has 1 amide bonds. The van der Waals surface area contributed by atoms with E-state index in [1.165, 1.54) is 6.42 Å². The molecule has 5 nitrogen and oxygen atoms in total. The summed E-state index contributed by atoms with van der Waals surface area (Å²) in [4.78, 5) is 16.7. The van der Waals surface area contributed by atoms with Crippen LogP contribution < -0.4 is 5.73 Å². The molecule has 1 aromatic rings. The quantitative estimate of drug-likeness (QED) is 0.859. The number of ether oxygens (including phenoxy) is 1. The largest absolute Gasteiger partial charge is 0.379 e. The zero-order chi connectivity index (χ0) is 16.1. The van der Waals surface area contributed by atoms with E-state index in [9.17, 15) is 4.79 Å². The lowest BCUT2D eigenvalue weighted by atomic mass is 10.0. The summed E-state index contributed by atoms with van der Waals surface area (Å²) in [6, 6.07) is 9.68. The van der Waals surface area contributed by atoms with Crippen molar-refractivity contribution in [3.63, 3.8) is 0 Å². The number of rotatable bonds is 4. The molecule has 124 valence electrons. The number of hydrogen-bond acceptors (Lipinski definition) is 4. The van der Waals surface area contributed by atoms with Gasteiger partial charge in [0, 0.05) is 25.8 Å². The first-order chi connectivity index (χ1) is 11.3. The Morgan fingerprint density at radius 1 is 1.13 bits per heavy atom. The lowest BCUT2D eigenvalue weighted by Gasteiger charge is -2.44. The molecule has 2 fully saturated rings. The Kier molecular flexibility index (Phi) is 5.31. The van der Waals surface area contributed by atoms with E-state index >= 15 is 0 Å². The minimum absolute atomic E-state index is 0.339. The highest BCUT2D eigenvalue weighted by Crippen LogP contribution is 2.24. The highest BCUT2D eigenvalue weighted by Gasteiger charge is 2.28. The number of morpholine rings is 1. The molecule has 5 heteroatoms. The lowest BCUT2D eigenvalue weighted by molar-refractivity contribution is -0.112. The normalized spacial score (nSPS) is 23.7. The number of amides is 1. The molecule has 3 rings (SSSR count). The molecule has 0 spiro atoms. The molecule has 1 unspecified atom stereocenters. The smallest absolute Gasteiger partial charge is 0.250 e. The van der Waals surface area contributed by atoms with Gasteiger partial charge in [0.1, 0.15) is 0 Å². The lowest BCUT2D eigenvalue weighted by Crippen LogP contribution is -2.52. The number of hydrogen-bond donors (Lipinski definition) is 1. The Hall–Kier alpha value is -1.85. The summed E-state index contributed by atoms with van der Waals surface area (Å²) in [5.41, 5.74) is 7.11. The fraction of sp³-hybridized carbons (Fsp3) is 0.500. The first-order valence-corrected chi connectivity index (χ1v) is 8.40. The van der Waals surface area contributed by atoms with Crippen molar-refractivity contribution in [1.82, 2.24) is 9.80 Å². The highest BCUT2D eigenvalue weighted by molar-refractivity contribution is 6.18. The van der Waals surface area contributed by atoms with Crippen LogP contribution in [-0.2, 0) is 9.53 Å². The highest BCUT2D eigenvalue weighted by atomic mass is 16.5. The van der Waals surface area contributed by atoms with Gasteiger partial charge in [-0.1, -0.05) is 30.3 Å². The number of benzene rings is 1. The van der Waals surface area contributed by atoms with E-state index in [1.807, 2.05) is 36.5 Å². The van der Waals surface area contributed by atoms with Crippen LogP contribution in [0.1, 0.15) is 24.8 Å². The molecule has 23 heavy (non-hydrogen) atoms. The second-order valence-corrected chi connectivity index (χ2v) is 6.14. The summed E-state index contributed by atoms with van der Waals surface area (Å²) < 4.78 is 5.46. The van der Waals surface area contributed by atoms with Gasteiger partial charge in [-0.05, 0) is 24.8 Å². The number of likely N-dealkylation sites (tertiary alicyclic amines) is 1. The minimum atomic E-state index is -0.373. The van der Waals surface area contributed by atoms with Crippen molar-refractivity contribution < 1.29 is 9.53 Å². The predicted molar refractivity (Wildman–Crippen MR) is 90.4 cm³/mol. The molecule has 2 aliphatic rings. The topological polar surface area (TPSA) is 58.8 Å². The van der Waals surface area contributed by atoms with Crippen LogP contribution in [0.5, 0.6) is 0 Å². The third kappa shape index (κ3) is 3.92. The number of primary amides is 1. The van der Waals surface area contributed by atoms with Crippen LogP contribution in [0, 0.1) is 0 Å². The number of nitrogens with zero attached hydrogens (tertiary/aromatic N) is 2. The molecule has 1 atom stereocenters. The summed E-state index contributed by atoms with van der Waals surface area (Å²) in [5, 5.41) is 0. The summed E-state index contributed by atoms with van der Waals surface area (Å²) >= 11 is 0. The summed E-state index contributed by atoms with van der Waals surface area (Å²) in [7, 11) is 0. The summed E-state index contributed by atoms with van der Waals surface area (Å²) in [6.07, 6.45) is 5.81. The third-order valence-electron chi connectivity index (χ3n) is 4.62. The van der Waals surface area contributed by atoms with Crippen LogP contribution in [0.3, 0.4) is 0 Å². The van der Waals surface area contributed by atoms with Gasteiger partial charge in [0.25, 0.3) is 5.91 Å². The Morgan fingerprint density at radius 2 is 1.87 bits per heavy atom. The maximum Gasteiger partial charge on any atom is 0.250 e. The average molecular weight is 315 g/mol. The Balaban J connectivity index is 1.84. The van der Waals surface area contributed by atoms with E-state index in [4.69, 9.17) is 10.5 Å². The molecule has 2 saturated heterocycles. The molecule has 0 saturated carbocycles. The monoisotopic (exact) mass is 315 g/mol. The minimum Gasteiger partial charge on any atom is -0.379 e. The van der Waals surface area contributed by atoms with E-state index < -0.39 is 0 Å². The van der Waals surface area contributed by atoms with Crippen molar-refractivity contribution in [3.05, 3.63) is 42.1 Å². The second kappa shape index (κ2) is 7.62. The van der Waals surface area contributed by atoms with Crippen LogP contribution >= 0.6 is 0 Å². The Bertz CT molecular complexity index is 553. The molecule has 2 aliphatic heterocycles. The van der Waals surface area contributed by atoms with Gasteiger partial charge in [-0.3, -0.25) is 9.69 Å². The van der Waals surface area contributed by atoms with Gasteiger partial charge in [0.15, 0.2) is 0 Å². The molecule has 0 aliphatic carbocycles. The van der Waals surface area contributed by atoms with Crippen molar-refractivity contribution in [1.29, 1.82) is 0 Å². The molecule has 0 radical (unpaired) electrons. The average Bonchev–Trinajstić information content (AvgIpc) is 2.61. The summed E-state index contributed by atoms with van der Waals surface area (Å²) in [6.45, 7) is 4.44. The maximum atomic E-state index is 12.0. The SMILES string of the molecule is NC(=O)C(=CN1CCCCC1N1CCOCC1)c1ccccc1. The van der Waals surface area contributed by atoms with Crippen molar-refractivity contribution in [2.45, 2.75) is 25.4 Å². The van der Waals surface area contributed by atoms with Crippen molar-refractivity contribution in [3.8, 4) is 0 Å². The van der Waals surface area contributed by atoms with Crippen LogP contribution in [0.4, 0.5) is 0 Å². The first-order valence-electron chi connectivity index (χ1n) is 8.40. The number of carbonyl (C=O) groups is 1. The van der Waals surface area contributed by atoms with Gasteiger partial charge in [0.05, 0.1) is 25.0 Å². The van der Waals surface area contributed by atoms with Crippen LogP contribution in [0.2, 0.25) is 0 Å². The standard InChI is InChI=1S/C18H25N3O2/c19-18(22)16(15-6-2-1-3-7-15)14-21-9-5-4-8-17(21)20-10-12-23-13-11-20/h1-3,6-7,14,17H,4-5,8-13H2,(H2,19,22). The third-order valence-corrected chi connectivity index (χ3v) is 4.62. The van der Waals surface area contributed by atoms with Crippen molar-refractivity contribution in [2.75, 3.05) is 32.8 Å². The molecule has 2 heterocycles. The van der Waals surface area contributed by atoms with Crippen LogP contribution in [0.15, 0.2) is 36.5 Å². The van der Waals surface area contributed by atoms with Gasteiger partial charge in [-0.2, -0.15) is 0 Å². The molecule has 1 aromatic carbocycles. The zero-order valence-corrected chi connectivity index (χ0v) is 13.5. The number of piperidine rings is 1. The van der Waals surface area contributed by atoms with Crippen LogP contribution in [0.25, 0.3) is 5.57 Å². The van der Waals surface area contributed by atoms with Gasteiger partial charge >= 0.3 is 0 Å². The van der Waals surface area contributed by atoms with E-state index in [-0.39, 0.29) is 5.91 Å². The molecule has 2 N–H and O–H groups in total. The molecule has 0 aromatic heterocycles. The van der Waals surface area contributed by atoms with Gasteiger partial charge in [-0.25, -0.2) is 0 Å².